The fraction of sp³-hybridized carbons (Fsp3) is 0.500. The Morgan fingerprint density at radius 2 is 2.08 bits per heavy atom. The number of aliphatic hydroxyl groups is 1. The molecular weight excluding hydrogens is 354 g/mol. The van der Waals surface area contributed by atoms with E-state index in [9.17, 15) is 5.11 Å². The van der Waals surface area contributed by atoms with Crippen LogP contribution < -0.4 is 4.74 Å². The second-order valence-corrected chi connectivity index (χ2v) is 7.70. The molecule has 138 valence electrons. The summed E-state index contributed by atoms with van der Waals surface area (Å²) in [7, 11) is 0. The number of para-hydroxylation sites is 1. The number of rotatable bonds is 7. The molecule has 3 nitrogen and oxygen atoms in total. The second-order valence-electron chi connectivity index (χ2n) is 6.67. The van der Waals surface area contributed by atoms with E-state index in [4.69, 9.17) is 4.74 Å². The molecule has 5 heteroatoms. The molecule has 2 heterocycles. The Labute approximate surface area is 161 Å². The lowest BCUT2D eigenvalue weighted by Gasteiger charge is -2.34. The molecule has 0 amide bonds. The van der Waals surface area contributed by atoms with Crippen molar-refractivity contribution in [3.05, 3.63) is 52.2 Å². The Hall–Kier alpha value is -1.07. The minimum Gasteiger partial charge on any atom is -0.491 e. The molecule has 1 aliphatic heterocycles. The van der Waals surface area contributed by atoms with Crippen LogP contribution in [-0.2, 0) is 6.42 Å². The van der Waals surface area contributed by atoms with E-state index in [-0.39, 0.29) is 12.4 Å². The summed E-state index contributed by atoms with van der Waals surface area (Å²) in [5, 5.41) is 12.5. The zero-order valence-electron chi connectivity index (χ0n) is 14.8. The van der Waals surface area contributed by atoms with Crippen LogP contribution in [0.15, 0.2) is 41.8 Å². The fourth-order valence-corrected chi connectivity index (χ4v) is 4.06. The molecule has 1 aromatic carbocycles. The van der Waals surface area contributed by atoms with Crippen LogP contribution in [0.3, 0.4) is 0 Å². The average Bonchev–Trinajstić information content (AvgIpc) is 3.09. The lowest BCUT2D eigenvalue weighted by atomic mass is 10.0. The molecule has 1 aromatic heterocycles. The molecular formula is C20H28ClNO2S. The Bertz CT molecular complexity index is 620. The van der Waals surface area contributed by atoms with E-state index in [0.29, 0.717) is 19.2 Å². The largest absolute Gasteiger partial charge is 0.491 e. The number of hydrogen-bond acceptors (Lipinski definition) is 4. The van der Waals surface area contributed by atoms with Gasteiger partial charge in [-0.05, 0) is 49.4 Å². The first kappa shape index (κ1) is 20.2. The third-order valence-corrected chi connectivity index (χ3v) is 5.61. The van der Waals surface area contributed by atoms with E-state index in [1.807, 2.05) is 18.2 Å². The number of halogens is 1. The van der Waals surface area contributed by atoms with Crippen LogP contribution in [0.4, 0.5) is 0 Å². The van der Waals surface area contributed by atoms with Crippen molar-refractivity contribution in [2.75, 3.05) is 19.7 Å². The van der Waals surface area contributed by atoms with E-state index in [1.165, 1.54) is 29.7 Å². The summed E-state index contributed by atoms with van der Waals surface area (Å²) < 4.78 is 5.95. The monoisotopic (exact) mass is 381 g/mol. The van der Waals surface area contributed by atoms with Crippen molar-refractivity contribution in [3.8, 4) is 5.75 Å². The van der Waals surface area contributed by atoms with Gasteiger partial charge in [0.25, 0.3) is 0 Å². The standard InChI is InChI=1S/C20H27NO2S.ClH/c1-16-7-4-5-11-21(16)14-18(22)15-23-20-10-3-2-8-17(20)13-19-9-6-12-24-19;/h2-3,6,8-10,12,16,18,22H,4-5,7,11,13-15H2,1H3;1H. The number of ether oxygens (including phenoxy) is 1. The summed E-state index contributed by atoms with van der Waals surface area (Å²) in [6, 6.07) is 12.9. The summed E-state index contributed by atoms with van der Waals surface area (Å²) in [6.07, 6.45) is 4.21. The molecule has 0 saturated carbocycles. The van der Waals surface area contributed by atoms with Crippen molar-refractivity contribution in [1.29, 1.82) is 0 Å². The molecule has 0 aliphatic carbocycles. The van der Waals surface area contributed by atoms with Gasteiger partial charge in [-0.2, -0.15) is 0 Å². The Morgan fingerprint density at radius 1 is 1.24 bits per heavy atom. The lowest BCUT2D eigenvalue weighted by molar-refractivity contribution is 0.0436. The fourth-order valence-electron chi connectivity index (χ4n) is 3.33. The number of piperidine rings is 1. The van der Waals surface area contributed by atoms with Crippen LogP contribution in [-0.4, -0.2) is 41.8 Å². The molecule has 0 radical (unpaired) electrons. The van der Waals surface area contributed by atoms with Crippen molar-refractivity contribution in [2.45, 2.75) is 44.8 Å². The number of β-amino-alcohol motifs (C(OH)–C–C–N with tert-alkyl or cyclic N) is 1. The smallest absolute Gasteiger partial charge is 0.122 e. The van der Waals surface area contributed by atoms with E-state index in [2.05, 4.69) is 35.4 Å². The van der Waals surface area contributed by atoms with E-state index < -0.39 is 6.10 Å². The molecule has 2 atom stereocenters. The predicted octanol–water partition coefficient (Wildman–Crippen LogP) is 4.37. The topological polar surface area (TPSA) is 32.7 Å². The first-order valence-electron chi connectivity index (χ1n) is 8.87. The van der Waals surface area contributed by atoms with Gasteiger partial charge in [0.2, 0.25) is 0 Å². The van der Waals surface area contributed by atoms with Crippen molar-refractivity contribution in [2.24, 2.45) is 0 Å². The number of hydrogen-bond donors (Lipinski definition) is 1. The number of nitrogens with zero attached hydrogens (tertiary/aromatic N) is 1. The van der Waals surface area contributed by atoms with Gasteiger partial charge >= 0.3 is 0 Å². The Kier molecular flexibility index (Phi) is 8.24. The maximum absolute atomic E-state index is 10.4. The van der Waals surface area contributed by atoms with Gasteiger partial charge in [0.1, 0.15) is 18.5 Å². The number of benzene rings is 1. The summed E-state index contributed by atoms with van der Waals surface area (Å²) in [6.45, 7) is 4.40. The van der Waals surface area contributed by atoms with Crippen LogP contribution in [0.5, 0.6) is 5.75 Å². The van der Waals surface area contributed by atoms with Crippen LogP contribution in [0.1, 0.15) is 36.6 Å². The summed E-state index contributed by atoms with van der Waals surface area (Å²) in [5.41, 5.74) is 1.18. The zero-order valence-corrected chi connectivity index (χ0v) is 16.4. The average molecular weight is 382 g/mol. The van der Waals surface area contributed by atoms with Crippen LogP contribution in [0.2, 0.25) is 0 Å². The van der Waals surface area contributed by atoms with Gasteiger partial charge < -0.3 is 9.84 Å². The van der Waals surface area contributed by atoms with Gasteiger partial charge in [-0.25, -0.2) is 0 Å². The Balaban J connectivity index is 0.00000225. The van der Waals surface area contributed by atoms with Gasteiger partial charge in [-0.1, -0.05) is 30.7 Å². The third kappa shape index (κ3) is 6.00. The van der Waals surface area contributed by atoms with Crippen molar-refractivity contribution < 1.29 is 9.84 Å². The molecule has 2 unspecified atom stereocenters. The molecule has 1 saturated heterocycles. The van der Waals surface area contributed by atoms with E-state index in [1.54, 1.807) is 11.3 Å². The first-order valence-corrected chi connectivity index (χ1v) is 9.75. The molecule has 2 aromatic rings. The van der Waals surface area contributed by atoms with Gasteiger partial charge in [-0.15, -0.1) is 23.7 Å². The van der Waals surface area contributed by atoms with Gasteiger partial charge in [0, 0.05) is 23.9 Å². The van der Waals surface area contributed by atoms with Crippen LogP contribution in [0, 0.1) is 0 Å². The van der Waals surface area contributed by atoms with Crippen molar-refractivity contribution >= 4 is 23.7 Å². The van der Waals surface area contributed by atoms with Crippen molar-refractivity contribution in [1.82, 2.24) is 4.90 Å². The highest BCUT2D eigenvalue weighted by Gasteiger charge is 2.21. The molecule has 0 spiro atoms. The SMILES string of the molecule is CC1CCCCN1CC(O)COc1ccccc1Cc1cccs1.Cl. The van der Waals surface area contributed by atoms with Crippen molar-refractivity contribution in [3.63, 3.8) is 0 Å². The van der Waals surface area contributed by atoms with Crippen LogP contribution in [0.25, 0.3) is 0 Å². The van der Waals surface area contributed by atoms with Crippen LogP contribution >= 0.6 is 23.7 Å². The summed E-state index contributed by atoms with van der Waals surface area (Å²) in [4.78, 5) is 3.71. The van der Waals surface area contributed by atoms with Gasteiger partial charge in [-0.3, -0.25) is 4.90 Å². The highest BCUT2D eigenvalue weighted by Crippen LogP contribution is 2.24. The minimum absolute atomic E-state index is 0. The summed E-state index contributed by atoms with van der Waals surface area (Å²) in [5.74, 6) is 0.886. The second kappa shape index (κ2) is 10.2. The molecule has 0 bridgehead atoms. The van der Waals surface area contributed by atoms with E-state index >= 15 is 0 Å². The molecule has 3 rings (SSSR count). The number of thiophene rings is 1. The number of aliphatic hydroxyl groups excluding tert-OH is 1. The zero-order chi connectivity index (χ0) is 16.8. The molecule has 25 heavy (non-hydrogen) atoms. The first-order chi connectivity index (χ1) is 11.7. The maximum Gasteiger partial charge on any atom is 0.122 e. The molecule has 1 N–H and O–H groups in total. The minimum atomic E-state index is -0.444. The molecule has 1 aliphatic rings. The third-order valence-electron chi connectivity index (χ3n) is 4.73. The predicted molar refractivity (Wildman–Crippen MR) is 107 cm³/mol. The maximum atomic E-state index is 10.4. The highest BCUT2D eigenvalue weighted by atomic mass is 35.5. The highest BCUT2D eigenvalue weighted by molar-refractivity contribution is 7.09. The molecule has 1 fully saturated rings. The summed E-state index contributed by atoms with van der Waals surface area (Å²) >= 11 is 1.76. The van der Waals surface area contributed by atoms with Gasteiger partial charge in [0.05, 0.1) is 0 Å². The van der Waals surface area contributed by atoms with Gasteiger partial charge in [0.15, 0.2) is 0 Å². The normalized spacial score (nSPS) is 19.2. The lowest BCUT2D eigenvalue weighted by Crippen LogP contribution is -2.43. The van der Waals surface area contributed by atoms with E-state index in [0.717, 1.165) is 18.7 Å². The quantitative estimate of drug-likeness (QED) is 0.772. The Morgan fingerprint density at radius 3 is 2.84 bits per heavy atom. The number of likely N-dealkylation sites (tertiary alicyclic amines) is 1.